The van der Waals surface area contributed by atoms with Crippen molar-refractivity contribution in [1.82, 2.24) is 19.6 Å². The zero-order chi connectivity index (χ0) is 28.6. The van der Waals surface area contributed by atoms with Crippen LogP contribution in [0.15, 0.2) is 41.4 Å². The lowest BCUT2D eigenvalue weighted by Crippen LogP contribution is -2.40. The molecule has 0 spiro atoms. The molecule has 0 atom stereocenters. The molecule has 1 aromatic carbocycles. The number of nitrogens with zero attached hydrogens (tertiary/aromatic N) is 2. The molecule has 1 aliphatic rings. The second kappa shape index (κ2) is 11.0. The number of amides is 1. The lowest BCUT2D eigenvalue weighted by molar-refractivity contribution is 0.0694. The van der Waals surface area contributed by atoms with E-state index in [4.69, 9.17) is 4.98 Å². The highest BCUT2D eigenvalue weighted by Gasteiger charge is 2.28. The molecule has 1 aliphatic carbocycles. The van der Waals surface area contributed by atoms with Crippen LogP contribution in [0.3, 0.4) is 0 Å². The summed E-state index contributed by atoms with van der Waals surface area (Å²) in [6, 6.07) is 9.24. The highest BCUT2D eigenvalue weighted by molar-refractivity contribution is 7.89. The van der Waals surface area contributed by atoms with Gasteiger partial charge in [-0.25, -0.2) is 13.1 Å². The minimum Gasteiger partial charge on any atom is -0.389 e. The summed E-state index contributed by atoms with van der Waals surface area (Å²) in [6.07, 6.45) is 7.36. The van der Waals surface area contributed by atoms with Crippen LogP contribution in [0.25, 0.3) is 22.2 Å². The van der Waals surface area contributed by atoms with Crippen molar-refractivity contribution in [2.24, 2.45) is 5.92 Å². The van der Waals surface area contributed by atoms with Crippen molar-refractivity contribution in [2.45, 2.75) is 96.2 Å². The number of hydrogen-bond donors (Lipinski definition) is 3. The Morgan fingerprint density at radius 1 is 1.08 bits per heavy atom. The normalized spacial score (nSPS) is 15.6. The summed E-state index contributed by atoms with van der Waals surface area (Å²) in [7, 11) is -3.82. The molecule has 9 heteroatoms. The zero-order valence-corrected chi connectivity index (χ0v) is 24.8. The van der Waals surface area contributed by atoms with Crippen LogP contribution < -0.4 is 10.0 Å². The van der Waals surface area contributed by atoms with Gasteiger partial charge in [-0.15, -0.1) is 0 Å². The summed E-state index contributed by atoms with van der Waals surface area (Å²) < 4.78 is 31.5. The van der Waals surface area contributed by atoms with Crippen molar-refractivity contribution in [1.29, 1.82) is 0 Å². The topological polar surface area (TPSA) is 113 Å². The van der Waals surface area contributed by atoms with Crippen molar-refractivity contribution in [3.05, 3.63) is 47.8 Å². The highest BCUT2D eigenvalue weighted by atomic mass is 32.2. The molecule has 2 aromatic heterocycles. The molecular weight excluding hydrogens is 512 g/mol. The Morgan fingerprint density at radius 2 is 1.72 bits per heavy atom. The second-order valence-corrected chi connectivity index (χ2v) is 14.2. The fraction of sp³-hybridized carbons (Fsp3) is 0.533. The molecule has 1 fully saturated rings. The van der Waals surface area contributed by atoms with E-state index in [1.807, 2.05) is 31.2 Å². The van der Waals surface area contributed by atoms with Crippen LogP contribution in [0, 0.1) is 12.8 Å². The molecule has 8 nitrogen and oxygen atoms in total. The number of benzene rings is 1. The SMILES string of the molecule is Cc1c(C(=O)NCC(C)(C)O)cc(-c2ncc(S(=O)(=O)NC(C)(C)C)c3ccccc23)n1CC1CCCCC1. The minimum absolute atomic E-state index is 0.127. The van der Waals surface area contributed by atoms with E-state index in [2.05, 4.69) is 14.6 Å². The first-order valence-corrected chi connectivity index (χ1v) is 15.3. The summed E-state index contributed by atoms with van der Waals surface area (Å²) in [5.74, 6) is 0.244. The molecule has 0 radical (unpaired) electrons. The smallest absolute Gasteiger partial charge is 0.253 e. The third-order valence-corrected chi connectivity index (χ3v) is 8.97. The van der Waals surface area contributed by atoms with Crippen LogP contribution in [-0.4, -0.2) is 46.7 Å². The molecule has 0 aliphatic heterocycles. The largest absolute Gasteiger partial charge is 0.389 e. The van der Waals surface area contributed by atoms with Gasteiger partial charge in [0, 0.05) is 41.3 Å². The van der Waals surface area contributed by atoms with Gasteiger partial charge in [-0.3, -0.25) is 9.78 Å². The standard InChI is InChI=1S/C30H42N4O4S/c1-20-24(28(35)32-19-30(5,6)36)16-25(34(20)18-21-12-8-7-9-13-21)27-23-15-11-10-14-22(23)26(17-31-27)39(37,38)33-29(2,3)4/h10-11,14-17,21,33,36H,7-9,12-13,18-19H2,1-6H3,(H,32,35). The summed E-state index contributed by atoms with van der Waals surface area (Å²) in [4.78, 5) is 18.1. The molecule has 2 heterocycles. The predicted molar refractivity (Wildman–Crippen MR) is 155 cm³/mol. The number of carbonyl (C=O) groups is 1. The van der Waals surface area contributed by atoms with Gasteiger partial charge >= 0.3 is 0 Å². The highest BCUT2D eigenvalue weighted by Crippen LogP contribution is 2.35. The lowest BCUT2D eigenvalue weighted by Gasteiger charge is -2.24. The Labute approximate surface area is 232 Å². The van der Waals surface area contributed by atoms with Crippen molar-refractivity contribution in [2.75, 3.05) is 6.54 Å². The van der Waals surface area contributed by atoms with Crippen LogP contribution in [0.5, 0.6) is 0 Å². The van der Waals surface area contributed by atoms with Crippen molar-refractivity contribution in [3.8, 4) is 11.4 Å². The van der Waals surface area contributed by atoms with Crippen molar-refractivity contribution >= 4 is 26.7 Å². The van der Waals surface area contributed by atoms with Gasteiger partial charge < -0.3 is 15.0 Å². The molecule has 1 amide bonds. The molecule has 3 aromatic rings. The fourth-order valence-electron chi connectivity index (χ4n) is 5.37. The van der Waals surface area contributed by atoms with E-state index in [1.54, 1.807) is 40.7 Å². The maximum Gasteiger partial charge on any atom is 0.253 e. The van der Waals surface area contributed by atoms with E-state index in [1.165, 1.54) is 25.5 Å². The molecule has 0 bridgehead atoms. The molecule has 0 saturated heterocycles. The van der Waals surface area contributed by atoms with Gasteiger partial charge in [0.05, 0.1) is 22.6 Å². The number of carbonyl (C=O) groups excluding carboxylic acids is 1. The fourth-order valence-corrected chi connectivity index (χ4v) is 6.94. The number of pyridine rings is 1. The van der Waals surface area contributed by atoms with Crippen LogP contribution in [0.2, 0.25) is 0 Å². The molecule has 4 rings (SSSR count). The van der Waals surface area contributed by atoms with E-state index >= 15 is 0 Å². The average molecular weight is 555 g/mol. The molecule has 1 saturated carbocycles. The molecule has 212 valence electrons. The van der Waals surface area contributed by atoms with E-state index in [0.717, 1.165) is 30.8 Å². The van der Waals surface area contributed by atoms with E-state index in [0.29, 0.717) is 27.9 Å². The summed E-state index contributed by atoms with van der Waals surface area (Å²) in [5, 5.41) is 14.3. The number of hydrogen-bond acceptors (Lipinski definition) is 5. The zero-order valence-electron chi connectivity index (χ0n) is 24.0. The lowest BCUT2D eigenvalue weighted by atomic mass is 9.89. The summed E-state index contributed by atoms with van der Waals surface area (Å²) in [5.41, 5.74) is 1.12. The first kappa shape index (κ1) is 29.2. The number of fused-ring (bicyclic) bond motifs is 1. The van der Waals surface area contributed by atoms with Gasteiger partial charge in [-0.1, -0.05) is 43.5 Å². The van der Waals surface area contributed by atoms with E-state index in [9.17, 15) is 18.3 Å². The first-order chi connectivity index (χ1) is 18.2. The monoisotopic (exact) mass is 554 g/mol. The van der Waals surface area contributed by atoms with Gasteiger partial charge in [-0.05, 0) is 66.4 Å². The Morgan fingerprint density at radius 3 is 2.33 bits per heavy atom. The van der Waals surface area contributed by atoms with Crippen molar-refractivity contribution < 1.29 is 18.3 Å². The number of rotatable bonds is 8. The van der Waals surface area contributed by atoms with Gasteiger partial charge in [-0.2, -0.15) is 0 Å². The molecular formula is C30H42N4O4S. The number of nitrogens with one attached hydrogen (secondary N) is 2. The molecule has 0 unspecified atom stereocenters. The van der Waals surface area contributed by atoms with E-state index in [-0.39, 0.29) is 17.3 Å². The Hall–Kier alpha value is -2.75. The average Bonchev–Trinajstić information content (AvgIpc) is 3.16. The van der Waals surface area contributed by atoms with Gasteiger partial charge in [0.25, 0.3) is 5.91 Å². The Bertz CT molecular complexity index is 1460. The van der Waals surface area contributed by atoms with Crippen LogP contribution in [0.1, 0.15) is 82.8 Å². The van der Waals surface area contributed by atoms with E-state index < -0.39 is 21.2 Å². The maximum absolute atomic E-state index is 13.3. The summed E-state index contributed by atoms with van der Waals surface area (Å²) in [6.45, 7) is 11.6. The van der Waals surface area contributed by atoms with Crippen LogP contribution in [0.4, 0.5) is 0 Å². The van der Waals surface area contributed by atoms with Gasteiger partial charge in [0.15, 0.2) is 0 Å². The van der Waals surface area contributed by atoms with Crippen molar-refractivity contribution in [3.63, 3.8) is 0 Å². The molecule has 3 N–H and O–H groups in total. The number of aliphatic hydroxyl groups is 1. The quantitative estimate of drug-likeness (QED) is 0.356. The van der Waals surface area contributed by atoms with Gasteiger partial charge in [0.2, 0.25) is 10.0 Å². The molecule has 39 heavy (non-hydrogen) atoms. The maximum atomic E-state index is 13.3. The summed E-state index contributed by atoms with van der Waals surface area (Å²) >= 11 is 0. The first-order valence-electron chi connectivity index (χ1n) is 13.8. The Balaban J connectivity index is 1.86. The van der Waals surface area contributed by atoms with Gasteiger partial charge in [0.1, 0.15) is 4.90 Å². The second-order valence-electron chi connectivity index (χ2n) is 12.5. The third kappa shape index (κ3) is 6.88. The number of aromatic nitrogens is 2. The third-order valence-electron chi connectivity index (χ3n) is 7.19. The van der Waals surface area contributed by atoms with Crippen LogP contribution >= 0.6 is 0 Å². The minimum atomic E-state index is -3.82. The predicted octanol–water partition coefficient (Wildman–Crippen LogP) is 5.17. The van der Waals surface area contributed by atoms with Crippen LogP contribution in [-0.2, 0) is 16.6 Å². The number of sulfonamides is 1. The Kier molecular flexibility index (Phi) is 8.26.